The lowest BCUT2D eigenvalue weighted by atomic mass is 10.1. The molecule has 3 N–H and O–H groups in total. The minimum atomic E-state index is -0.719. The molecule has 3 aromatic rings. The van der Waals surface area contributed by atoms with Crippen molar-refractivity contribution < 1.29 is 23.5 Å². The van der Waals surface area contributed by atoms with Gasteiger partial charge in [-0.05, 0) is 30.3 Å². The van der Waals surface area contributed by atoms with Crippen LogP contribution >= 0.6 is 11.3 Å². The fourth-order valence-corrected chi connectivity index (χ4v) is 3.70. The Morgan fingerprint density at radius 2 is 1.77 bits per heavy atom. The molecular weight excluding hydrogens is 407 g/mol. The van der Waals surface area contributed by atoms with E-state index >= 15 is 0 Å². The van der Waals surface area contributed by atoms with Gasteiger partial charge in [0.1, 0.15) is 5.82 Å². The summed E-state index contributed by atoms with van der Waals surface area (Å²) in [4.78, 5) is 25.6. The number of anilines is 1. The smallest absolute Gasteiger partial charge is 0.250 e. The molecule has 0 aliphatic carbocycles. The van der Waals surface area contributed by atoms with Gasteiger partial charge < -0.3 is 20.5 Å². The molecule has 0 atom stereocenters. The first-order chi connectivity index (χ1) is 14.4. The number of nitrogens with two attached hydrogens (primary N) is 1. The maximum absolute atomic E-state index is 13.9. The molecule has 0 aliphatic heterocycles. The first-order valence-corrected chi connectivity index (χ1v) is 9.64. The number of halogens is 1. The van der Waals surface area contributed by atoms with Crippen LogP contribution in [-0.4, -0.2) is 26.0 Å². The van der Waals surface area contributed by atoms with E-state index in [1.165, 1.54) is 49.8 Å². The van der Waals surface area contributed by atoms with E-state index in [2.05, 4.69) is 5.32 Å². The molecule has 6 nitrogen and oxygen atoms in total. The highest BCUT2D eigenvalue weighted by Gasteiger charge is 2.16. The summed E-state index contributed by atoms with van der Waals surface area (Å²) < 4.78 is 24.3. The van der Waals surface area contributed by atoms with E-state index in [9.17, 15) is 14.0 Å². The Kier molecular flexibility index (Phi) is 6.48. The van der Waals surface area contributed by atoms with Crippen LogP contribution in [0.25, 0.3) is 16.5 Å². The predicted molar refractivity (Wildman–Crippen MR) is 115 cm³/mol. The van der Waals surface area contributed by atoms with Gasteiger partial charge in [-0.25, -0.2) is 4.39 Å². The first-order valence-electron chi connectivity index (χ1n) is 8.82. The summed E-state index contributed by atoms with van der Waals surface area (Å²) in [7, 11) is 2.87. The van der Waals surface area contributed by atoms with Crippen molar-refractivity contribution >= 4 is 34.9 Å². The maximum Gasteiger partial charge on any atom is 0.250 e. The number of primary amides is 1. The van der Waals surface area contributed by atoms with Crippen molar-refractivity contribution in [2.24, 2.45) is 5.73 Å². The molecule has 0 aliphatic rings. The Labute approximate surface area is 176 Å². The Morgan fingerprint density at radius 3 is 2.43 bits per heavy atom. The monoisotopic (exact) mass is 426 g/mol. The van der Waals surface area contributed by atoms with Crippen molar-refractivity contribution in [3.05, 3.63) is 70.9 Å². The van der Waals surface area contributed by atoms with Crippen molar-refractivity contribution in [3.63, 3.8) is 0 Å². The third kappa shape index (κ3) is 4.66. The van der Waals surface area contributed by atoms with Crippen molar-refractivity contribution in [3.8, 4) is 21.9 Å². The minimum Gasteiger partial charge on any atom is -0.493 e. The predicted octanol–water partition coefficient (Wildman–Crippen LogP) is 4.32. The van der Waals surface area contributed by atoms with Gasteiger partial charge in [0, 0.05) is 27.5 Å². The van der Waals surface area contributed by atoms with Gasteiger partial charge in [0.2, 0.25) is 5.91 Å². The number of thiophene rings is 1. The summed E-state index contributed by atoms with van der Waals surface area (Å²) in [6.07, 6.45) is 2.92. The summed E-state index contributed by atoms with van der Waals surface area (Å²) in [5.41, 5.74) is 6.20. The number of amides is 2. The number of carbonyl (C=O) groups is 2. The minimum absolute atomic E-state index is 0.0902. The zero-order valence-electron chi connectivity index (χ0n) is 16.3. The molecule has 8 heteroatoms. The van der Waals surface area contributed by atoms with E-state index in [-0.39, 0.29) is 17.1 Å². The molecule has 30 heavy (non-hydrogen) atoms. The Bertz CT molecular complexity index is 1120. The summed E-state index contributed by atoms with van der Waals surface area (Å²) >= 11 is 1.35. The summed E-state index contributed by atoms with van der Waals surface area (Å²) in [5, 5.41) is 2.62. The molecule has 1 aromatic heterocycles. The summed E-state index contributed by atoms with van der Waals surface area (Å²) in [5.74, 6) is -0.831. The molecule has 0 saturated heterocycles. The molecule has 0 bridgehead atoms. The molecular formula is C22H19FN2O4S. The van der Waals surface area contributed by atoms with Crippen LogP contribution in [0.1, 0.15) is 15.2 Å². The molecule has 2 aromatic carbocycles. The number of hydrogen-bond donors (Lipinski definition) is 2. The van der Waals surface area contributed by atoms with Crippen LogP contribution in [0, 0.1) is 5.82 Å². The van der Waals surface area contributed by atoms with Gasteiger partial charge in [-0.15, -0.1) is 11.3 Å². The normalized spacial score (nSPS) is 10.8. The van der Waals surface area contributed by atoms with E-state index in [1.807, 2.05) is 0 Å². The Morgan fingerprint density at radius 1 is 1.07 bits per heavy atom. The van der Waals surface area contributed by atoms with Crippen LogP contribution in [0.2, 0.25) is 0 Å². The molecule has 0 radical (unpaired) electrons. The average Bonchev–Trinajstić information content (AvgIpc) is 3.20. The quantitative estimate of drug-likeness (QED) is 0.551. The Balaban J connectivity index is 1.78. The largest absolute Gasteiger partial charge is 0.493 e. The van der Waals surface area contributed by atoms with Gasteiger partial charge in [-0.1, -0.05) is 18.2 Å². The van der Waals surface area contributed by atoms with Crippen LogP contribution in [0.5, 0.6) is 11.5 Å². The molecule has 0 saturated carbocycles. The fraction of sp³-hybridized carbons (Fsp3) is 0.0909. The van der Waals surface area contributed by atoms with E-state index in [1.54, 1.807) is 36.4 Å². The van der Waals surface area contributed by atoms with E-state index in [0.29, 0.717) is 17.1 Å². The number of methoxy groups -OCH3 is 2. The molecule has 1 heterocycles. The number of nitrogens with one attached hydrogen (secondary N) is 1. The van der Waals surface area contributed by atoms with Gasteiger partial charge in [0.15, 0.2) is 11.5 Å². The summed E-state index contributed by atoms with van der Waals surface area (Å²) in [6, 6.07) is 12.9. The van der Waals surface area contributed by atoms with Crippen molar-refractivity contribution in [1.29, 1.82) is 0 Å². The van der Waals surface area contributed by atoms with E-state index in [4.69, 9.17) is 15.2 Å². The molecule has 0 spiro atoms. The van der Waals surface area contributed by atoms with Gasteiger partial charge in [-0.3, -0.25) is 9.59 Å². The summed E-state index contributed by atoms with van der Waals surface area (Å²) in [6.45, 7) is 0. The number of rotatable bonds is 7. The lowest BCUT2D eigenvalue weighted by Gasteiger charge is -2.13. The molecule has 0 unspecified atom stereocenters. The second-order valence-electron chi connectivity index (χ2n) is 6.12. The van der Waals surface area contributed by atoms with Gasteiger partial charge in [-0.2, -0.15) is 0 Å². The second-order valence-corrected chi connectivity index (χ2v) is 7.24. The molecule has 154 valence electrons. The van der Waals surface area contributed by atoms with Crippen molar-refractivity contribution in [1.82, 2.24) is 0 Å². The topological polar surface area (TPSA) is 90.6 Å². The SMILES string of the molecule is COc1cc(NC(=O)/C=C/c2ccc(-c3ccccc3F)s2)c(C(N)=O)cc1OC. The third-order valence-electron chi connectivity index (χ3n) is 4.21. The second kappa shape index (κ2) is 9.23. The van der Waals surface area contributed by atoms with Crippen molar-refractivity contribution in [2.75, 3.05) is 19.5 Å². The zero-order chi connectivity index (χ0) is 21.7. The molecule has 3 rings (SSSR count). The average molecular weight is 426 g/mol. The maximum atomic E-state index is 13.9. The number of carbonyl (C=O) groups excluding carboxylic acids is 2. The van der Waals surface area contributed by atoms with E-state index < -0.39 is 11.8 Å². The van der Waals surface area contributed by atoms with Crippen LogP contribution in [0.3, 0.4) is 0 Å². The van der Waals surface area contributed by atoms with Gasteiger partial charge >= 0.3 is 0 Å². The van der Waals surface area contributed by atoms with Crippen molar-refractivity contribution in [2.45, 2.75) is 0 Å². The van der Waals surface area contributed by atoms with Crippen LogP contribution < -0.4 is 20.5 Å². The number of benzene rings is 2. The lowest BCUT2D eigenvalue weighted by molar-refractivity contribution is -0.111. The standard InChI is InChI=1S/C22H19FN2O4S/c1-28-18-11-15(22(24)27)17(12-19(18)29-2)25-21(26)10-8-13-7-9-20(30-13)14-5-3-4-6-16(14)23/h3-12H,1-2H3,(H2,24,27)(H,25,26)/b10-8+. The van der Waals surface area contributed by atoms with Gasteiger partial charge in [0.25, 0.3) is 5.91 Å². The number of hydrogen-bond acceptors (Lipinski definition) is 5. The fourth-order valence-electron chi connectivity index (χ4n) is 2.77. The van der Waals surface area contributed by atoms with Gasteiger partial charge in [0.05, 0.1) is 25.5 Å². The van der Waals surface area contributed by atoms with Crippen LogP contribution in [-0.2, 0) is 4.79 Å². The van der Waals surface area contributed by atoms with Crippen LogP contribution in [0.15, 0.2) is 54.6 Å². The number of ether oxygens (including phenoxy) is 2. The Hall–Kier alpha value is -3.65. The highest BCUT2D eigenvalue weighted by Crippen LogP contribution is 2.33. The molecule has 2 amide bonds. The first kappa shape index (κ1) is 21.1. The van der Waals surface area contributed by atoms with E-state index in [0.717, 1.165) is 9.75 Å². The zero-order valence-corrected chi connectivity index (χ0v) is 17.1. The molecule has 0 fully saturated rings. The van der Waals surface area contributed by atoms with Crippen LogP contribution in [0.4, 0.5) is 10.1 Å². The highest BCUT2D eigenvalue weighted by molar-refractivity contribution is 7.16. The lowest BCUT2D eigenvalue weighted by Crippen LogP contribution is -2.17. The highest BCUT2D eigenvalue weighted by atomic mass is 32.1. The third-order valence-corrected chi connectivity index (χ3v) is 5.30.